The van der Waals surface area contributed by atoms with Crippen LogP contribution in [0.4, 0.5) is 0 Å². The van der Waals surface area contributed by atoms with Crippen LogP contribution >= 0.6 is 0 Å². The molecule has 76 valence electrons. The number of nitrogens with one attached hydrogen (secondary N) is 2. The lowest BCUT2D eigenvalue weighted by Crippen LogP contribution is -2.62. The first-order valence-electron chi connectivity index (χ1n) is 5.73. The maximum absolute atomic E-state index is 3.73. The van der Waals surface area contributed by atoms with E-state index in [9.17, 15) is 0 Å². The summed E-state index contributed by atoms with van der Waals surface area (Å²) in [4.78, 5) is 0. The summed E-state index contributed by atoms with van der Waals surface area (Å²) in [5.41, 5.74) is 0.407. The molecule has 0 aromatic heterocycles. The number of rotatable bonds is 3. The van der Waals surface area contributed by atoms with Gasteiger partial charge in [0, 0.05) is 24.7 Å². The molecule has 13 heavy (non-hydrogen) atoms. The molecule has 0 aromatic rings. The van der Waals surface area contributed by atoms with Gasteiger partial charge < -0.3 is 10.6 Å². The van der Waals surface area contributed by atoms with Gasteiger partial charge in [-0.3, -0.25) is 0 Å². The molecule has 0 amide bonds. The summed E-state index contributed by atoms with van der Waals surface area (Å²) in [5, 5.41) is 7.40. The third kappa shape index (κ3) is 2.05. The molecule has 0 bridgehead atoms. The molecule has 1 saturated carbocycles. The third-order valence-electron chi connectivity index (χ3n) is 3.63. The molecule has 2 aliphatic rings. The van der Waals surface area contributed by atoms with Crippen molar-refractivity contribution in [3.63, 3.8) is 0 Å². The molecule has 2 heteroatoms. The predicted molar refractivity (Wildman–Crippen MR) is 55.8 cm³/mol. The smallest absolute Gasteiger partial charge is 0.0306 e. The van der Waals surface area contributed by atoms with Crippen molar-refractivity contribution in [2.75, 3.05) is 13.1 Å². The fourth-order valence-electron chi connectivity index (χ4n) is 2.41. The molecule has 0 radical (unpaired) electrons. The van der Waals surface area contributed by atoms with Crippen LogP contribution in [0, 0.1) is 5.92 Å². The molecule has 1 heterocycles. The minimum absolute atomic E-state index is 0.407. The van der Waals surface area contributed by atoms with E-state index in [4.69, 9.17) is 0 Å². The van der Waals surface area contributed by atoms with Crippen LogP contribution in [0.2, 0.25) is 0 Å². The average Bonchev–Trinajstić information content (AvgIpc) is 2.92. The fourth-order valence-corrected chi connectivity index (χ4v) is 2.41. The maximum Gasteiger partial charge on any atom is 0.0306 e. The maximum atomic E-state index is 3.73. The van der Waals surface area contributed by atoms with Crippen molar-refractivity contribution in [1.82, 2.24) is 10.6 Å². The van der Waals surface area contributed by atoms with Crippen molar-refractivity contribution in [2.24, 2.45) is 5.92 Å². The molecule has 2 rings (SSSR count). The van der Waals surface area contributed by atoms with Crippen LogP contribution in [0.15, 0.2) is 0 Å². The van der Waals surface area contributed by atoms with Gasteiger partial charge in [0.2, 0.25) is 0 Å². The summed E-state index contributed by atoms with van der Waals surface area (Å²) in [6, 6.07) is 0.719. The fraction of sp³-hybridized carbons (Fsp3) is 1.00. The number of hydrogen-bond donors (Lipinski definition) is 2. The van der Waals surface area contributed by atoms with Gasteiger partial charge in [0.1, 0.15) is 0 Å². The molecule has 2 fully saturated rings. The van der Waals surface area contributed by atoms with Crippen LogP contribution in [0.3, 0.4) is 0 Å². The van der Waals surface area contributed by atoms with Gasteiger partial charge in [-0.2, -0.15) is 0 Å². The molecule has 1 aliphatic carbocycles. The lowest BCUT2D eigenvalue weighted by molar-refractivity contribution is 0.219. The summed E-state index contributed by atoms with van der Waals surface area (Å²) < 4.78 is 0. The quantitative estimate of drug-likeness (QED) is 0.691. The van der Waals surface area contributed by atoms with Crippen molar-refractivity contribution in [1.29, 1.82) is 0 Å². The van der Waals surface area contributed by atoms with E-state index in [1.165, 1.54) is 38.8 Å². The van der Waals surface area contributed by atoms with E-state index in [2.05, 4.69) is 24.5 Å². The monoisotopic (exact) mass is 182 g/mol. The minimum Gasteiger partial charge on any atom is -0.311 e. The Kier molecular flexibility index (Phi) is 2.61. The Morgan fingerprint density at radius 2 is 2.15 bits per heavy atom. The first-order valence-corrected chi connectivity index (χ1v) is 5.73. The van der Waals surface area contributed by atoms with Crippen LogP contribution < -0.4 is 10.6 Å². The Labute approximate surface area is 81.5 Å². The Morgan fingerprint density at radius 1 is 1.38 bits per heavy atom. The third-order valence-corrected chi connectivity index (χ3v) is 3.63. The molecule has 2 unspecified atom stereocenters. The van der Waals surface area contributed by atoms with E-state index in [0.29, 0.717) is 5.54 Å². The zero-order chi connectivity index (χ0) is 9.31. The van der Waals surface area contributed by atoms with Crippen molar-refractivity contribution in [3.05, 3.63) is 0 Å². The van der Waals surface area contributed by atoms with E-state index in [1.807, 2.05) is 0 Å². The molecule has 2 nitrogen and oxygen atoms in total. The van der Waals surface area contributed by atoms with E-state index in [0.717, 1.165) is 12.0 Å². The largest absolute Gasteiger partial charge is 0.311 e. The predicted octanol–water partition coefficient (Wildman–Crippen LogP) is 1.52. The van der Waals surface area contributed by atoms with Crippen molar-refractivity contribution < 1.29 is 0 Å². The van der Waals surface area contributed by atoms with Gasteiger partial charge in [0.05, 0.1) is 0 Å². The molecule has 0 spiro atoms. The van der Waals surface area contributed by atoms with Crippen LogP contribution in [0.25, 0.3) is 0 Å². The molecular formula is C11H22N2. The van der Waals surface area contributed by atoms with Gasteiger partial charge in [-0.05, 0) is 32.1 Å². The molecule has 1 saturated heterocycles. The molecule has 0 aromatic carbocycles. The summed E-state index contributed by atoms with van der Waals surface area (Å²) in [6.07, 6.45) is 5.47. The average molecular weight is 182 g/mol. The van der Waals surface area contributed by atoms with E-state index < -0.39 is 0 Å². The van der Waals surface area contributed by atoms with Gasteiger partial charge in [-0.1, -0.05) is 13.3 Å². The van der Waals surface area contributed by atoms with Gasteiger partial charge >= 0.3 is 0 Å². The molecule has 1 aliphatic heterocycles. The van der Waals surface area contributed by atoms with E-state index >= 15 is 0 Å². The zero-order valence-corrected chi connectivity index (χ0v) is 8.90. The van der Waals surface area contributed by atoms with Crippen LogP contribution in [-0.2, 0) is 0 Å². The Hall–Kier alpha value is -0.0800. The second-order valence-corrected chi connectivity index (χ2v) is 4.94. The van der Waals surface area contributed by atoms with Gasteiger partial charge in [-0.25, -0.2) is 0 Å². The van der Waals surface area contributed by atoms with Crippen LogP contribution in [0.5, 0.6) is 0 Å². The summed E-state index contributed by atoms with van der Waals surface area (Å²) in [5.74, 6) is 0.947. The second-order valence-electron chi connectivity index (χ2n) is 4.94. The van der Waals surface area contributed by atoms with Gasteiger partial charge in [-0.15, -0.1) is 0 Å². The number of hydrogen-bond acceptors (Lipinski definition) is 2. The van der Waals surface area contributed by atoms with Crippen molar-refractivity contribution >= 4 is 0 Å². The normalized spacial score (nSPS) is 40.6. The number of piperazine rings is 1. The summed E-state index contributed by atoms with van der Waals surface area (Å²) in [6.45, 7) is 6.97. The highest BCUT2D eigenvalue weighted by Crippen LogP contribution is 2.39. The Morgan fingerprint density at radius 3 is 2.62 bits per heavy atom. The lowest BCUT2D eigenvalue weighted by atomic mass is 9.92. The Bertz CT molecular complexity index is 167. The molecular weight excluding hydrogens is 160 g/mol. The summed E-state index contributed by atoms with van der Waals surface area (Å²) in [7, 11) is 0. The first-order chi connectivity index (χ1) is 6.24. The minimum atomic E-state index is 0.407. The van der Waals surface area contributed by atoms with E-state index in [-0.39, 0.29) is 0 Å². The van der Waals surface area contributed by atoms with Crippen molar-refractivity contribution in [3.8, 4) is 0 Å². The highest BCUT2D eigenvalue weighted by Gasteiger charge is 2.43. The first kappa shape index (κ1) is 9.47. The van der Waals surface area contributed by atoms with Crippen molar-refractivity contribution in [2.45, 2.75) is 51.1 Å². The molecule has 2 N–H and O–H groups in total. The Balaban J connectivity index is 1.81. The highest BCUT2D eigenvalue weighted by atomic mass is 15.1. The standard InChI is InChI=1S/C11H22N2/c1-3-4-10-7-13-11(2,8-12-10)9-5-6-9/h9-10,12-13H,3-8H2,1-2H3. The summed E-state index contributed by atoms with van der Waals surface area (Å²) >= 11 is 0. The topological polar surface area (TPSA) is 24.1 Å². The van der Waals surface area contributed by atoms with E-state index in [1.54, 1.807) is 0 Å². The lowest BCUT2D eigenvalue weighted by Gasteiger charge is -2.40. The highest BCUT2D eigenvalue weighted by molar-refractivity contribution is 5.02. The second kappa shape index (κ2) is 3.58. The molecule has 2 atom stereocenters. The van der Waals surface area contributed by atoms with Crippen LogP contribution in [0.1, 0.15) is 39.5 Å². The van der Waals surface area contributed by atoms with Gasteiger partial charge in [0.25, 0.3) is 0 Å². The SMILES string of the molecule is CCCC1CNC(C)(C2CC2)CN1. The zero-order valence-electron chi connectivity index (χ0n) is 8.90. The van der Waals surface area contributed by atoms with Crippen LogP contribution in [-0.4, -0.2) is 24.7 Å². The van der Waals surface area contributed by atoms with Gasteiger partial charge in [0.15, 0.2) is 0 Å².